The lowest BCUT2D eigenvalue weighted by molar-refractivity contribution is 0.211. The van der Waals surface area contributed by atoms with E-state index in [1.165, 1.54) is 31.4 Å². The summed E-state index contributed by atoms with van der Waals surface area (Å²) in [6, 6.07) is 11.1. The summed E-state index contributed by atoms with van der Waals surface area (Å²) in [7, 11) is 1.50. The molecule has 2 aromatic carbocycles. The highest BCUT2D eigenvalue weighted by molar-refractivity contribution is 9.10. The first-order valence-corrected chi connectivity index (χ1v) is 7.22. The van der Waals surface area contributed by atoms with Gasteiger partial charge in [-0.05, 0) is 36.4 Å². The highest BCUT2D eigenvalue weighted by Gasteiger charge is 2.12. The van der Waals surface area contributed by atoms with E-state index in [9.17, 15) is 4.39 Å². The lowest BCUT2D eigenvalue weighted by atomic mass is 10.2. The van der Waals surface area contributed by atoms with Crippen LogP contribution >= 0.6 is 15.9 Å². The van der Waals surface area contributed by atoms with Crippen molar-refractivity contribution >= 4 is 15.9 Å². The van der Waals surface area contributed by atoms with Gasteiger partial charge in [0.05, 0.1) is 12.7 Å². The fourth-order valence-corrected chi connectivity index (χ4v) is 2.22. The quantitative estimate of drug-likeness (QED) is 0.727. The second kappa shape index (κ2) is 7.66. The van der Waals surface area contributed by atoms with Gasteiger partial charge >= 0.3 is 0 Å². The summed E-state index contributed by atoms with van der Waals surface area (Å²) in [4.78, 5) is 0. The molecule has 0 aliphatic heterocycles. The van der Waals surface area contributed by atoms with Crippen LogP contribution in [0.2, 0.25) is 0 Å². The van der Waals surface area contributed by atoms with Gasteiger partial charge < -0.3 is 14.2 Å². The molecule has 0 N–H and O–H groups in total. The van der Waals surface area contributed by atoms with E-state index in [4.69, 9.17) is 19.5 Å². The van der Waals surface area contributed by atoms with Crippen molar-refractivity contribution in [1.82, 2.24) is 0 Å². The Morgan fingerprint density at radius 3 is 2.45 bits per heavy atom. The molecular weight excluding hydrogens is 353 g/mol. The van der Waals surface area contributed by atoms with E-state index in [0.29, 0.717) is 22.8 Å². The van der Waals surface area contributed by atoms with Gasteiger partial charge in [0.1, 0.15) is 30.8 Å². The van der Waals surface area contributed by atoms with Crippen LogP contribution in [0.1, 0.15) is 5.56 Å². The summed E-state index contributed by atoms with van der Waals surface area (Å²) in [6.07, 6.45) is 0. The lowest BCUT2D eigenvalue weighted by Gasteiger charge is -2.13. The molecule has 2 aromatic rings. The normalized spacial score (nSPS) is 9.91. The Kier molecular flexibility index (Phi) is 5.61. The molecule has 0 radical (unpaired) electrons. The molecule has 0 aliphatic rings. The first-order chi connectivity index (χ1) is 10.6. The molecule has 0 fully saturated rings. The lowest BCUT2D eigenvalue weighted by Crippen LogP contribution is -2.10. The van der Waals surface area contributed by atoms with Crippen LogP contribution in [0.3, 0.4) is 0 Å². The fraction of sp³-hybridized carbons (Fsp3) is 0.188. The van der Waals surface area contributed by atoms with E-state index >= 15 is 0 Å². The van der Waals surface area contributed by atoms with E-state index in [1.54, 1.807) is 12.1 Å². The highest BCUT2D eigenvalue weighted by atomic mass is 79.9. The van der Waals surface area contributed by atoms with E-state index in [1.807, 2.05) is 0 Å². The van der Waals surface area contributed by atoms with Crippen LogP contribution in [0.5, 0.6) is 17.2 Å². The number of nitrogens with zero attached hydrogens (tertiary/aromatic N) is 1. The van der Waals surface area contributed by atoms with Gasteiger partial charge in [-0.2, -0.15) is 5.26 Å². The molecule has 0 spiro atoms. The maximum atomic E-state index is 12.8. The van der Waals surface area contributed by atoms with Crippen molar-refractivity contribution < 1.29 is 18.6 Å². The number of ether oxygens (including phenoxy) is 3. The summed E-state index contributed by atoms with van der Waals surface area (Å²) in [5.74, 6) is 1.07. The summed E-state index contributed by atoms with van der Waals surface area (Å²) in [5, 5.41) is 9.15. The molecule has 4 nitrogen and oxygen atoms in total. The third-order valence-electron chi connectivity index (χ3n) is 2.77. The number of rotatable bonds is 6. The number of methoxy groups -OCH3 is 1. The Bertz CT molecular complexity index is 683. The minimum atomic E-state index is -0.318. The molecule has 0 saturated heterocycles. The van der Waals surface area contributed by atoms with Crippen molar-refractivity contribution in [2.75, 3.05) is 20.3 Å². The molecule has 0 saturated carbocycles. The van der Waals surface area contributed by atoms with Crippen molar-refractivity contribution in [2.24, 2.45) is 0 Å². The first-order valence-electron chi connectivity index (χ1n) is 6.43. The Morgan fingerprint density at radius 1 is 1.14 bits per heavy atom. The SMILES string of the molecule is COc1cc(Br)cc(C#N)c1OCCOc1ccc(F)cc1. The van der Waals surface area contributed by atoms with Crippen LogP contribution < -0.4 is 14.2 Å². The topological polar surface area (TPSA) is 51.5 Å². The van der Waals surface area contributed by atoms with Gasteiger partial charge in [-0.3, -0.25) is 0 Å². The smallest absolute Gasteiger partial charge is 0.179 e. The van der Waals surface area contributed by atoms with Gasteiger partial charge in [-0.25, -0.2) is 4.39 Å². The molecule has 0 atom stereocenters. The molecule has 2 rings (SSSR count). The minimum Gasteiger partial charge on any atom is -0.493 e. The predicted molar refractivity (Wildman–Crippen MR) is 82.8 cm³/mol. The molecule has 22 heavy (non-hydrogen) atoms. The molecule has 0 unspecified atom stereocenters. The number of nitriles is 1. The van der Waals surface area contributed by atoms with Gasteiger partial charge in [0.25, 0.3) is 0 Å². The number of benzene rings is 2. The average molecular weight is 366 g/mol. The third kappa shape index (κ3) is 4.12. The number of hydrogen-bond acceptors (Lipinski definition) is 4. The fourth-order valence-electron chi connectivity index (χ4n) is 1.79. The van der Waals surface area contributed by atoms with Crippen LogP contribution in [0.15, 0.2) is 40.9 Å². The minimum absolute atomic E-state index is 0.226. The van der Waals surface area contributed by atoms with Crippen LogP contribution in [0.4, 0.5) is 4.39 Å². The monoisotopic (exact) mass is 365 g/mol. The Morgan fingerprint density at radius 2 is 1.82 bits per heavy atom. The molecule has 0 aromatic heterocycles. The van der Waals surface area contributed by atoms with Gasteiger partial charge in [0, 0.05) is 4.47 Å². The Labute approximate surface area is 136 Å². The van der Waals surface area contributed by atoms with Crippen LogP contribution in [-0.4, -0.2) is 20.3 Å². The first kappa shape index (κ1) is 16.1. The molecule has 0 bridgehead atoms. The zero-order chi connectivity index (χ0) is 15.9. The summed E-state index contributed by atoms with van der Waals surface area (Å²) < 4.78 is 29.7. The third-order valence-corrected chi connectivity index (χ3v) is 3.23. The van der Waals surface area contributed by atoms with Crippen LogP contribution in [-0.2, 0) is 0 Å². The zero-order valence-electron chi connectivity index (χ0n) is 11.8. The van der Waals surface area contributed by atoms with Gasteiger partial charge in [-0.15, -0.1) is 0 Å². The molecule has 6 heteroatoms. The van der Waals surface area contributed by atoms with Crippen LogP contribution in [0, 0.1) is 17.1 Å². The van der Waals surface area contributed by atoms with Crippen molar-refractivity contribution in [2.45, 2.75) is 0 Å². The van der Waals surface area contributed by atoms with E-state index in [2.05, 4.69) is 22.0 Å². The molecule has 0 aliphatic carbocycles. The van der Waals surface area contributed by atoms with E-state index < -0.39 is 0 Å². The Hall–Kier alpha value is -2.26. The summed E-state index contributed by atoms with van der Waals surface area (Å²) in [6.45, 7) is 0.486. The van der Waals surface area contributed by atoms with Gasteiger partial charge in [-0.1, -0.05) is 15.9 Å². The standard InChI is InChI=1S/C16H13BrFNO3/c1-20-15-9-12(17)8-11(10-19)16(15)22-7-6-21-14-4-2-13(18)3-5-14/h2-5,8-9H,6-7H2,1H3. The van der Waals surface area contributed by atoms with Crippen molar-refractivity contribution in [1.29, 1.82) is 5.26 Å². The maximum absolute atomic E-state index is 12.8. The molecule has 114 valence electrons. The van der Waals surface area contributed by atoms with Crippen molar-refractivity contribution in [3.05, 3.63) is 52.3 Å². The molecule has 0 heterocycles. The largest absolute Gasteiger partial charge is 0.493 e. The van der Waals surface area contributed by atoms with Crippen LogP contribution in [0.25, 0.3) is 0 Å². The van der Waals surface area contributed by atoms with E-state index in [-0.39, 0.29) is 19.0 Å². The Balaban J connectivity index is 1.97. The van der Waals surface area contributed by atoms with E-state index in [0.717, 1.165) is 4.47 Å². The summed E-state index contributed by atoms with van der Waals surface area (Å²) >= 11 is 3.31. The highest BCUT2D eigenvalue weighted by Crippen LogP contribution is 2.34. The van der Waals surface area contributed by atoms with Crippen molar-refractivity contribution in [3.63, 3.8) is 0 Å². The van der Waals surface area contributed by atoms with Gasteiger partial charge in [0.15, 0.2) is 11.5 Å². The molecular formula is C16H13BrFNO3. The summed E-state index contributed by atoms with van der Waals surface area (Å²) in [5.41, 5.74) is 0.369. The zero-order valence-corrected chi connectivity index (χ0v) is 13.4. The molecule has 0 amide bonds. The van der Waals surface area contributed by atoms with Gasteiger partial charge in [0.2, 0.25) is 0 Å². The predicted octanol–water partition coefficient (Wildman–Crippen LogP) is 3.93. The number of halogens is 2. The maximum Gasteiger partial charge on any atom is 0.179 e. The number of hydrogen-bond donors (Lipinski definition) is 0. The second-order valence-electron chi connectivity index (χ2n) is 4.25. The van der Waals surface area contributed by atoms with Crippen molar-refractivity contribution in [3.8, 4) is 23.3 Å². The average Bonchev–Trinajstić information content (AvgIpc) is 2.53. The second-order valence-corrected chi connectivity index (χ2v) is 5.16.